The molecule has 0 bridgehead atoms. The van der Waals surface area contributed by atoms with Crippen LogP contribution in [-0.2, 0) is 10.0 Å². The van der Waals surface area contributed by atoms with E-state index < -0.39 is 15.9 Å². The quantitative estimate of drug-likeness (QED) is 0.476. The second-order valence-corrected chi connectivity index (χ2v) is 8.93. The first-order valence-electron chi connectivity index (χ1n) is 10.2. The van der Waals surface area contributed by atoms with E-state index in [4.69, 9.17) is 0 Å². The molecule has 0 fully saturated rings. The first kappa shape index (κ1) is 23.0. The van der Waals surface area contributed by atoms with Gasteiger partial charge in [-0.05, 0) is 49.7 Å². The highest BCUT2D eigenvalue weighted by Crippen LogP contribution is 2.23. The number of benzene rings is 3. The molecule has 3 aromatic rings. The van der Waals surface area contributed by atoms with Gasteiger partial charge in [0.2, 0.25) is 0 Å². The lowest BCUT2D eigenvalue weighted by Gasteiger charge is -2.16. The van der Waals surface area contributed by atoms with Crippen LogP contribution in [0.1, 0.15) is 41.0 Å². The Morgan fingerprint density at radius 3 is 1.94 bits per heavy atom. The zero-order chi connectivity index (χ0) is 23.1. The standard InChI is InChI=1S/C24H25N3O4S/c1-3-17(2)25-23(28)19-13-7-9-15-21(19)26-24(29)20-14-8-10-16-22(20)27-32(30,31)18-11-5-4-6-12-18/h4-17,27H,3H2,1-2H3,(H,25,28)(H,26,29)/t17-/m1/s1. The molecule has 2 amide bonds. The van der Waals surface area contributed by atoms with Crippen LogP contribution in [0.3, 0.4) is 0 Å². The van der Waals surface area contributed by atoms with Gasteiger partial charge in [0.15, 0.2) is 0 Å². The number of nitrogens with one attached hydrogen (secondary N) is 3. The van der Waals surface area contributed by atoms with Gasteiger partial charge in [0.1, 0.15) is 0 Å². The van der Waals surface area contributed by atoms with Crippen LogP contribution in [0.2, 0.25) is 0 Å². The summed E-state index contributed by atoms with van der Waals surface area (Å²) in [6.07, 6.45) is 0.773. The Balaban J connectivity index is 1.86. The van der Waals surface area contributed by atoms with Crippen molar-refractivity contribution in [3.05, 3.63) is 90.0 Å². The predicted octanol–water partition coefficient (Wildman–Crippen LogP) is 4.27. The third-order valence-corrected chi connectivity index (χ3v) is 6.26. The van der Waals surface area contributed by atoms with Gasteiger partial charge in [0.05, 0.1) is 27.4 Å². The minimum atomic E-state index is -3.87. The molecule has 0 unspecified atom stereocenters. The molecule has 32 heavy (non-hydrogen) atoms. The topological polar surface area (TPSA) is 104 Å². The van der Waals surface area contributed by atoms with E-state index in [-0.39, 0.29) is 28.1 Å². The highest BCUT2D eigenvalue weighted by molar-refractivity contribution is 7.92. The monoisotopic (exact) mass is 451 g/mol. The van der Waals surface area contributed by atoms with E-state index in [9.17, 15) is 18.0 Å². The molecule has 0 radical (unpaired) electrons. The first-order chi connectivity index (χ1) is 15.3. The fourth-order valence-corrected chi connectivity index (χ4v) is 4.06. The smallest absolute Gasteiger partial charge is 0.261 e. The molecule has 3 N–H and O–H groups in total. The van der Waals surface area contributed by atoms with Gasteiger partial charge in [-0.1, -0.05) is 49.4 Å². The number of anilines is 2. The summed E-state index contributed by atoms with van der Waals surface area (Å²) in [4.78, 5) is 25.7. The molecule has 166 valence electrons. The summed E-state index contributed by atoms with van der Waals surface area (Å²) >= 11 is 0. The van der Waals surface area contributed by atoms with Crippen LogP contribution in [-0.4, -0.2) is 26.3 Å². The van der Waals surface area contributed by atoms with Gasteiger partial charge in [0, 0.05) is 6.04 Å². The zero-order valence-corrected chi connectivity index (χ0v) is 18.6. The normalized spacial score (nSPS) is 11.9. The van der Waals surface area contributed by atoms with E-state index in [0.717, 1.165) is 6.42 Å². The maximum atomic E-state index is 13.0. The molecule has 0 aliphatic heterocycles. The first-order valence-corrected chi connectivity index (χ1v) is 11.7. The number of rotatable bonds is 8. The van der Waals surface area contributed by atoms with Crippen molar-refractivity contribution in [3.8, 4) is 0 Å². The van der Waals surface area contributed by atoms with Crippen molar-refractivity contribution in [3.63, 3.8) is 0 Å². The molecule has 1 atom stereocenters. The number of para-hydroxylation sites is 2. The molecule has 0 saturated carbocycles. The van der Waals surface area contributed by atoms with Gasteiger partial charge >= 0.3 is 0 Å². The van der Waals surface area contributed by atoms with Crippen molar-refractivity contribution < 1.29 is 18.0 Å². The highest BCUT2D eigenvalue weighted by atomic mass is 32.2. The third-order valence-electron chi connectivity index (χ3n) is 4.88. The van der Waals surface area contributed by atoms with E-state index in [2.05, 4.69) is 15.4 Å². The second-order valence-electron chi connectivity index (χ2n) is 7.25. The van der Waals surface area contributed by atoms with Gasteiger partial charge in [-0.25, -0.2) is 8.42 Å². The Morgan fingerprint density at radius 2 is 1.31 bits per heavy atom. The van der Waals surface area contributed by atoms with Crippen molar-refractivity contribution >= 4 is 33.2 Å². The van der Waals surface area contributed by atoms with Crippen molar-refractivity contribution in [2.24, 2.45) is 0 Å². The number of amides is 2. The van der Waals surface area contributed by atoms with Crippen LogP contribution in [0.4, 0.5) is 11.4 Å². The molecular formula is C24H25N3O4S. The SMILES string of the molecule is CC[C@@H](C)NC(=O)c1ccccc1NC(=O)c1ccccc1NS(=O)(=O)c1ccccc1. The van der Waals surface area contributed by atoms with Crippen molar-refractivity contribution in [1.82, 2.24) is 5.32 Å². The van der Waals surface area contributed by atoms with Crippen molar-refractivity contribution in [2.75, 3.05) is 10.0 Å². The number of carbonyl (C=O) groups is 2. The van der Waals surface area contributed by atoms with Crippen LogP contribution >= 0.6 is 0 Å². The zero-order valence-electron chi connectivity index (χ0n) is 17.8. The van der Waals surface area contributed by atoms with E-state index in [1.54, 1.807) is 54.6 Å². The Hall–Kier alpha value is -3.65. The lowest BCUT2D eigenvalue weighted by atomic mass is 10.1. The molecule has 0 aliphatic rings. The molecule has 0 aliphatic carbocycles. The Bertz CT molecular complexity index is 1210. The minimum Gasteiger partial charge on any atom is -0.350 e. The number of hydrogen-bond acceptors (Lipinski definition) is 4. The molecule has 0 aromatic heterocycles. The molecule has 3 aromatic carbocycles. The fraction of sp³-hybridized carbons (Fsp3) is 0.167. The fourth-order valence-electron chi connectivity index (χ4n) is 2.96. The van der Waals surface area contributed by atoms with Crippen LogP contribution in [0, 0.1) is 0 Å². The van der Waals surface area contributed by atoms with Gasteiger partial charge in [-0.2, -0.15) is 0 Å². The minimum absolute atomic E-state index is 0.0145. The summed E-state index contributed by atoms with van der Waals surface area (Å²) in [7, 11) is -3.87. The maximum Gasteiger partial charge on any atom is 0.261 e. The average Bonchev–Trinajstić information content (AvgIpc) is 2.80. The highest BCUT2D eigenvalue weighted by Gasteiger charge is 2.20. The molecule has 3 rings (SSSR count). The summed E-state index contributed by atoms with van der Waals surface area (Å²) in [5, 5.41) is 5.61. The average molecular weight is 452 g/mol. The van der Waals surface area contributed by atoms with Crippen LogP contribution in [0.25, 0.3) is 0 Å². The molecule has 0 spiro atoms. The lowest BCUT2D eigenvalue weighted by molar-refractivity contribution is 0.0940. The Kier molecular flexibility index (Phi) is 7.27. The molecular weight excluding hydrogens is 426 g/mol. The van der Waals surface area contributed by atoms with Gasteiger partial charge in [-0.3, -0.25) is 14.3 Å². The summed E-state index contributed by atoms with van der Waals surface area (Å²) in [6.45, 7) is 3.86. The van der Waals surface area contributed by atoms with Crippen LogP contribution in [0.5, 0.6) is 0 Å². The van der Waals surface area contributed by atoms with Gasteiger partial charge < -0.3 is 10.6 Å². The Labute approximate surface area is 187 Å². The van der Waals surface area contributed by atoms with E-state index in [0.29, 0.717) is 11.3 Å². The molecule has 0 saturated heterocycles. The molecule has 8 heteroatoms. The maximum absolute atomic E-state index is 13.0. The molecule has 7 nitrogen and oxygen atoms in total. The van der Waals surface area contributed by atoms with Crippen molar-refractivity contribution in [2.45, 2.75) is 31.2 Å². The number of carbonyl (C=O) groups excluding carboxylic acids is 2. The number of hydrogen-bond donors (Lipinski definition) is 3. The van der Waals surface area contributed by atoms with Crippen molar-refractivity contribution in [1.29, 1.82) is 0 Å². The summed E-state index contributed by atoms with van der Waals surface area (Å²) in [5.74, 6) is -0.839. The molecule has 0 heterocycles. The Morgan fingerprint density at radius 1 is 0.781 bits per heavy atom. The van der Waals surface area contributed by atoms with E-state index in [1.807, 2.05) is 13.8 Å². The predicted molar refractivity (Wildman–Crippen MR) is 125 cm³/mol. The van der Waals surface area contributed by atoms with Gasteiger partial charge in [0.25, 0.3) is 21.8 Å². The van der Waals surface area contributed by atoms with E-state index in [1.165, 1.54) is 24.3 Å². The third kappa shape index (κ3) is 5.53. The van der Waals surface area contributed by atoms with E-state index >= 15 is 0 Å². The summed E-state index contributed by atoms with van der Waals surface area (Å²) < 4.78 is 27.9. The second kappa shape index (κ2) is 10.1. The summed E-state index contributed by atoms with van der Waals surface area (Å²) in [5.41, 5.74) is 0.919. The van der Waals surface area contributed by atoms with Gasteiger partial charge in [-0.15, -0.1) is 0 Å². The summed E-state index contributed by atoms with van der Waals surface area (Å²) in [6, 6.07) is 20.8. The van der Waals surface area contributed by atoms with Crippen LogP contribution < -0.4 is 15.4 Å². The largest absolute Gasteiger partial charge is 0.350 e. The van der Waals surface area contributed by atoms with Crippen LogP contribution in [0.15, 0.2) is 83.8 Å². The lowest BCUT2D eigenvalue weighted by Crippen LogP contribution is -2.32. The number of sulfonamides is 1.